The van der Waals surface area contributed by atoms with Gasteiger partial charge in [0.25, 0.3) is 0 Å². The minimum absolute atomic E-state index is 0.278. The third-order valence-corrected chi connectivity index (χ3v) is 0.552. The molecule has 0 rings (SSSR count). The summed E-state index contributed by atoms with van der Waals surface area (Å²) in [5.41, 5.74) is 2.35. The van der Waals surface area contributed by atoms with E-state index < -0.39 is 0 Å². The van der Waals surface area contributed by atoms with Gasteiger partial charge in [0.15, 0.2) is 0 Å². The first-order valence-corrected chi connectivity index (χ1v) is 2.34. The number of carbonyl (C=O) groups excluding carboxylic acids is 1. The van der Waals surface area contributed by atoms with Crippen molar-refractivity contribution in [1.29, 1.82) is 0 Å². The zero-order chi connectivity index (χ0) is 6.41. The zero-order valence-electron chi connectivity index (χ0n) is 4.81. The number of esters is 1. The third kappa shape index (κ3) is 5.39. The quantitative estimate of drug-likeness (QED) is 0.216. The van der Waals surface area contributed by atoms with Gasteiger partial charge in [0, 0.05) is 13.5 Å². The number of hydrogen-bond donors (Lipinski definition) is 2. The van der Waals surface area contributed by atoms with Crippen molar-refractivity contribution in [3.63, 3.8) is 0 Å². The van der Waals surface area contributed by atoms with E-state index in [0.29, 0.717) is 13.2 Å². The van der Waals surface area contributed by atoms with Gasteiger partial charge in [-0.3, -0.25) is 16.1 Å². The lowest BCUT2D eigenvalue weighted by atomic mass is 10.7. The Kier molecular flexibility index (Phi) is 4.20. The lowest BCUT2D eigenvalue weighted by molar-refractivity contribution is -0.140. The average molecular weight is 118 g/mol. The summed E-state index contributed by atoms with van der Waals surface area (Å²) in [4.78, 5) is 10.0. The average Bonchev–Trinajstić information content (AvgIpc) is 1.66. The number of hydrazine groups is 1. The van der Waals surface area contributed by atoms with Crippen LogP contribution in [0.15, 0.2) is 0 Å². The van der Waals surface area contributed by atoms with Crippen LogP contribution in [0.3, 0.4) is 0 Å². The van der Waals surface area contributed by atoms with Gasteiger partial charge in [0.2, 0.25) is 0 Å². The lowest BCUT2D eigenvalue weighted by Crippen LogP contribution is -2.26. The summed E-state index contributed by atoms with van der Waals surface area (Å²) >= 11 is 0. The molecule has 4 heteroatoms. The standard InChI is InChI=1S/C4H10N2O2/c1-4(7)8-3-2-6-5/h6H,2-3,5H2,1H3. The summed E-state index contributed by atoms with van der Waals surface area (Å²) in [6.45, 7) is 2.20. The SMILES string of the molecule is CC(=O)OCCNN. The molecule has 0 fully saturated rings. The van der Waals surface area contributed by atoms with E-state index in [4.69, 9.17) is 5.84 Å². The van der Waals surface area contributed by atoms with E-state index >= 15 is 0 Å². The Morgan fingerprint density at radius 1 is 1.88 bits per heavy atom. The monoisotopic (exact) mass is 118 g/mol. The first-order valence-electron chi connectivity index (χ1n) is 2.34. The van der Waals surface area contributed by atoms with Crippen molar-refractivity contribution < 1.29 is 9.53 Å². The molecule has 0 amide bonds. The maximum absolute atomic E-state index is 10.0. The van der Waals surface area contributed by atoms with Crippen molar-refractivity contribution in [2.24, 2.45) is 5.84 Å². The van der Waals surface area contributed by atoms with Crippen LogP contribution in [0.1, 0.15) is 6.92 Å². The summed E-state index contributed by atoms with van der Waals surface area (Å²) in [7, 11) is 0. The van der Waals surface area contributed by atoms with E-state index in [1.165, 1.54) is 6.92 Å². The number of hydrogen-bond acceptors (Lipinski definition) is 4. The Labute approximate surface area is 48.0 Å². The molecular formula is C4H10N2O2. The summed E-state index contributed by atoms with van der Waals surface area (Å²) in [6.07, 6.45) is 0. The molecule has 48 valence electrons. The molecule has 3 N–H and O–H groups in total. The fraction of sp³-hybridized carbons (Fsp3) is 0.750. The van der Waals surface area contributed by atoms with Crippen LogP contribution in [0.2, 0.25) is 0 Å². The second-order valence-corrected chi connectivity index (χ2v) is 1.29. The van der Waals surface area contributed by atoms with Crippen LogP contribution in [-0.2, 0) is 9.53 Å². The summed E-state index contributed by atoms with van der Waals surface area (Å²) in [5.74, 6) is 4.60. The van der Waals surface area contributed by atoms with Gasteiger partial charge in [-0.1, -0.05) is 0 Å². The maximum atomic E-state index is 10.0. The van der Waals surface area contributed by atoms with Crippen molar-refractivity contribution in [3.8, 4) is 0 Å². The van der Waals surface area contributed by atoms with Crippen molar-refractivity contribution in [2.75, 3.05) is 13.2 Å². The van der Waals surface area contributed by atoms with E-state index in [-0.39, 0.29) is 5.97 Å². The van der Waals surface area contributed by atoms with Gasteiger partial charge in [-0.25, -0.2) is 0 Å². The van der Waals surface area contributed by atoms with Crippen LogP contribution in [0, 0.1) is 0 Å². The van der Waals surface area contributed by atoms with E-state index in [9.17, 15) is 4.79 Å². The molecule has 0 aromatic rings. The highest BCUT2D eigenvalue weighted by molar-refractivity contribution is 5.65. The van der Waals surface area contributed by atoms with Crippen molar-refractivity contribution in [3.05, 3.63) is 0 Å². The molecule has 0 aliphatic carbocycles. The smallest absolute Gasteiger partial charge is 0.302 e. The molecule has 8 heavy (non-hydrogen) atoms. The zero-order valence-corrected chi connectivity index (χ0v) is 4.81. The molecule has 0 saturated carbocycles. The summed E-state index contributed by atoms with van der Waals surface area (Å²) in [6, 6.07) is 0. The molecule has 0 aliphatic rings. The lowest BCUT2D eigenvalue weighted by Gasteiger charge is -1.97. The molecule has 0 radical (unpaired) electrons. The molecule has 0 aliphatic heterocycles. The molecule has 4 nitrogen and oxygen atoms in total. The molecule has 0 aromatic carbocycles. The predicted molar refractivity (Wildman–Crippen MR) is 28.8 cm³/mol. The predicted octanol–water partition coefficient (Wildman–Crippen LogP) is -0.987. The number of carbonyl (C=O) groups is 1. The summed E-state index contributed by atoms with van der Waals surface area (Å²) in [5, 5.41) is 0. The molecule has 0 atom stereocenters. The van der Waals surface area contributed by atoms with E-state index in [0.717, 1.165) is 0 Å². The van der Waals surface area contributed by atoms with E-state index in [1.807, 2.05) is 0 Å². The van der Waals surface area contributed by atoms with Crippen LogP contribution in [0.4, 0.5) is 0 Å². The maximum Gasteiger partial charge on any atom is 0.302 e. The van der Waals surface area contributed by atoms with Gasteiger partial charge in [-0.05, 0) is 0 Å². The van der Waals surface area contributed by atoms with E-state index in [2.05, 4.69) is 10.2 Å². The van der Waals surface area contributed by atoms with Crippen molar-refractivity contribution in [1.82, 2.24) is 5.43 Å². The molecule has 0 saturated heterocycles. The first-order chi connectivity index (χ1) is 3.77. The Morgan fingerprint density at radius 2 is 2.50 bits per heavy atom. The van der Waals surface area contributed by atoms with Gasteiger partial charge in [-0.15, -0.1) is 0 Å². The number of rotatable bonds is 3. The molecule has 0 heterocycles. The minimum Gasteiger partial charge on any atom is -0.464 e. The van der Waals surface area contributed by atoms with Crippen molar-refractivity contribution >= 4 is 5.97 Å². The van der Waals surface area contributed by atoms with Crippen LogP contribution in [0.5, 0.6) is 0 Å². The molecular weight excluding hydrogens is 108 g/mol. The highest BCUT2D eigenvalue weighted by atomic mass is 16.5. The summed E-state index contributed by atoms with van der Waals surface area (Å²) < 4.78 is 4.50. The Bertz CT molecular complexity index is 74.4. The second-order valence-electron chi connectivity index (χ2n) is 1.29. The topological polar surface area (TPSA) is 64.3 Å². The van der Waals surface area contributed by atoms with Gasteiger partial charge < -0.3 is 4.74 Å². The van der Waals surface area contributed by atoms with Gasteiger partial charge >= 0.3 is 5.97 Å². The minimum atomic E-state index is -0.278. The normalized spacial score (nSPS) is 8.75. The van der Waals surface area contributed by atoms with Crippen molar-refractivity contribution in [2.45, 2.75) is 6.92 Å². The molecule has 0 spiro atoms. The Balaban J connectivity index is 2.82. The number of ether oxygens (including phenoxy) is 1. The number of nitrogens with one attached hydrogen (secondary N) is 1. The Hall–Kier alpha value is -0.610. The van der Waals surface area contributed by atoms with Crippen LogP contribution in [0.25, 0.3) is 0 Å². The van der Waals surface area contributed by atoms with Crippen LogP contribution in [-0.4, -0.2) is 19.1 Å². The fourth-order valence-corrected chi connectivity index (χ4v) is 0.254. The van der Waals surface area contributed by atoms with E-state index in [1.54, 1.807) is 0 Å². The largest absolute Gasteiger partial charge is 0.464 e. The van der Waals surface area contributed by atoms with Gasteiger partial charge in [0.05, 0.1) is 0 Å². The second kappa shape index (κ2) is 4.55. The highest BCUT2D eigenvalue weighted by Crippen LogP contribution is 1.71. The fourth-order valence-electron chi connectivity index (χ4n) is 0.254. The molecule has 0 aromatic heterocycles. The van der Waals surface area contributed by atoms with Crippen LogP contribution < -0.4 is 11.3 Å². The van der Waals surface area contributed by atoms with Gasteiger partial charge in [0.1, 0.15) is 6.61 Å². The van der Waals surface area contributed by atoms with Crippen LogP contribution >= 0.6 is 0 Å². The molecule has 0 bridgehead atoms. The third-order valence-electron chi connectivity index (χ3n) is 0.552. The van der Waals surface area contributed by atoms with Gasteiger partial charge in [-0.2, -0.15) is 0 Å². The molecule has 0 unspecified atom stereocenters. The first kappa shape index (κ1) is 7.39. The highest BCUT2D eigenvalue weighted by Gasteiger charge is 1.87. The number of nitrogens with two attached hydrogens (primary N) is 1. The Morgan fingerprint density at radius 3 is 2.88 bits per heavy atom.